The lowest BCUT2D eigenvalue weighted by Crippen LogP contribution is -2.39. The molecular weight excluding hydrogens is 430 g/mol. The van der Waals surface area contributed by atoms with Crippen LogP contribution < -0.4 is 10.0 Å². The minimum atomic E-state index is -3.89. The Morgan fingerprint density at radius 3 is 2.19 bits per heavy atom. The number of nitrogens with one attached hydrogen (secondary N) is 2. The van der Waals surface area contributed by atoms with Gasteiger partial charge in [0.25, 0.3) is 5.69 Å². The van der Waals surface area contributed by atoms with Gasteiger partial charge in [-0.1, -0.05) is 17.7 Å². The van der Waals surface area contributed by atoms with E-state index in [4.69, 9.17) is 4.74 Å². The molecule has 11 nitrogen and oxygen atoms in total. The first-order valence-corrected chi connectivity index (χ1v) is 10.3. The van der Waals surface area contributed by atoms with Crippen molar-refractivity contribution in [3.05, 3.63) is 69.8 Å². The van der Waals surface area contributed by atoms with Gasteiger partial charge < -0.3 is 10.1 Å². The summed E-state index contributed by atoms with van der Waals surface area (Å²) in [4.78, 5) is 45.3. The molecule has 1 amide bonds. The van der Waals surface area contributed by atoms with Gasteiger partial charge >= 0.3 is 5.97 Å². The molecule has 0 fully saturated rings. The van der Waals surface area contributed by atoms with E-state index >= 15 is 0 Å². The van der Waals surface area contributed by atoms with E-state index in [0.29, 0.717) is 0 Å². The van der Waals surface area contributed by atoms with E-state index < -0.39 is 52.3 Å². The maximum atomic E-state index is 12.1. The van der Waals surface area contributed by atoms with Crippen LogP contribution in [0.5, 0.6) is 0 Å². The van der Waals surface area contributed by atoms with Crippen molar-refractivity contribution in [2.75, 3.05) is 19.7 Å². The second kappa shape index (κ2) is 10.4. The van der Waals surface area contributed by atoms with Crippen molar-refractivity contribution in [3.8, 4) is 0 Å². The van der Waals surface area contributed by atoms with Gasteiger partial charge in [-0.25, -0.2) is 13.1 Å². The SMILES string of the molecule is Cc1ccc(S(=O)(=O)NCC(=O)NCC(=O)OCC(=O)c2ccc([N+](=O)[O-])cc2)cc1. The summed E-state index contributed by atoms with van der Waals surface area (Å²) in [5, 5.41) is 12.8. The van der Waals surface area contributed by atoms with Gasteiger partial charge in [0.2, 0.25) is 15.9 Å². The minimum Gasteiger partial charge on any atom is -0.456 e. The van der Waals surface area contributed by atoms with E-state index in [0.717, 1.165) is 17.7 Å². The number of benzene rings is 2. The van der Waals surface area contributed by atoms with Gasteiger partial charge in [-0.15, -0.1) is 0 Å². The number of carbonyl (C=O) groups excluding carboxylic acids is 3. The number of carbonyl (C=O) groups is 3. The summed E-state index contributed by atoms with van der Waals surface area (Å²) in [6.45, 7) is 0.0201. The first kappa shape index (κ1) is 23.6. The molecule has 0 saturated carbocycles. The molecule has 164 valence electrons. The molecule has 0 aromatic heterocycles. The molecule has 0 radical (unpaired) electrons. The minimum absolute atomic E-state index is 0.00457. The smallest absolute Gasteiger partial charge is 0.325 e. The molecule has 0 bridgehead atoms. The van der Waals surface area contributed by atoms with E-state index in [1.807, 2.05) is 0 Å². The standard InChI is InChI=1S/C19H19N3O8S/c1-13-2-8-16(9-3-13)31(28,29)21-10-18(24)20-11-19(25)30-12-17(23)14-4-6-15(7-5-14)22(26)27/h2-9,21H,10-12H2,1H3,(H,20,24). The van der Waals surface area contributed by atoms with Crippen LogP contribution in [0.4, 0.5) is 5.69 Å². The fourth-order valence-electron chi connectivity index (χ4n) is 2.24. The third-order valence-corrected chi connectivity index (χ3v) is 5.37. The van der Waals surface area contributed by atoms with Crippen molar-refractivity contribution in [2.45, 2.75) is 11.8 Å². The molecule has 2 aromatic rings. The first-order valence-electron chi connectivity index (χ1n) is 8.85. The van der Waals surface area contributed by atoms with Crippen LogP contribution in [0.25, 0.3) is 0 Å². The number of aryl methyl sites for hydroxylation is 1. The van der Waals surface area contributed by atoms with Gasteiger partial charge in [0.15, 0.2) is 12.4 Å². The topological polar surface area (TPSA) is 162 Å². The average molecular weight is 449 g/mol. The van der Waals surface area contributed by atoms with Crippen molar-refractivity contribution in [1.29, 1.82) is 0 Å². The van der Waals surface area contributed by atoms with E-state index in [1.165, 1.54) is 24.3 Å². The number of hydrogen-bond donors (Lipinski definition) is 2. The maximum absolute atomic E-state index is 12.1. The number of ether oxygens (including phenoxy) is 1. The zero-order chi connectivity index (χ0) is 23.0. The molecule has 2 N–H and O–H groups in total. The Labute approximate surface area is 177 Å². The lowest BCUT2D eigenvalue weighted by atomic mass is 10.1. The van der Waals surface area contributed by atoms with Gasteiger partial charge in [0.05, 0.1) is 16.4 Å². The number of Topliss-reactive ketones (excluding diaryl/α,β-unsaturated/α-hetero) is 1. The highest BCUT2D eigenvalue weighted by atomic mass is 32.2. The predicted molar refractivity (Wildman–Crippen MR) is 108 cm³/mol. The summed E-state index contributed by atoms with van der Waals surface area (Å²) in [5.41, 5.74) is 0.810. The van der Waals surface area contributed by atoms with Crippen LogP contribution in [0.15, 0.2) is 53.4 Å². The zero-order valence-corrected chi connectivity index (χ0v) is 17.2. The zero-order valence-electron chi connectivity index (χ0n) is 16.4. The average Bonchev–Trinajstić information content (AvgIpc) is 2.75. The summed E-state index contributed by atoms with van der Waals surface area (Å²) in [5.74, 6) is -2.26. The third kappa shape index (κ3) is 7.28. The van der Waals surface area contributed by atoms with Crippen LogP contribution in [-0.4, -0.2) is 50.7 Å². The van der Waals surface area contributed by atoms with Crippen LogP contribution >= 0.6 is 0 Å². The Morgan fingerprint density at radius 2 is 1.61 bits per heavy atom. The summed E-state index contributed by atoms with van der Waals surface area (Å²) < 4.78 is 31.0. The molecule has 12 heteroatoms. The second-order valence-corrected chi connectivity index (χ2v) is 8.07. The van der Waals surface area contributed by atoms with Crippen LogP contribution in [0.1, 0.15) is 15.9 Å². The molecule has 2 rings (SSSR count). The molecule has 0 spiro atoms. The van der Waals surface area contributed by atoms with Crippen LogP contribution in [0.3, 0.4) is 0 Å². The molecule has 0 heterocycles. The Hall–Kier alpha value is -3.64. The predicted octanol–water partition coefficient (Wildman–Crippen LogP) is 0.724. The van der Waals surface area contributed by atoms with Gasteiger partial charge in [-0.05, 0) is 31.2 Å². The number of nitrogens with zero attached hydrogens (tertiary/aromatic N) is 1. The molecule has 0 aliphatic carbocycles. The van der Waals surface area contributed by atoms with Crippen LogP contribution in [-0.2, 0) is 24.3 Å². The first-order chi connectivity index (χ1) is 14.6. The third-order valence-electron chi connectivity index (χ3n) is 3.95. The lowest BCUT2D eigenvalue weighted by molar-refractivity contribution is -0.384. The van der Waals surface area contributed by atoms with Crippen molar-refractivity contribution < 1.29 is 32.5 Å². The Bertz CT molecular complexity index is 1080. The Morgan fingerprint density at radius 1 is 1.00 bits per heavy atom. The number of nitro benzene ring substituents is 1. The number of esters is 1. The largest absolute Gasteiger partial charge is 0.456 e. The Balaban J connectivity index is 1.74. The highest BCUT2D eigenvalue weighted by molar-refractivity contribution is 7.89. The summed E-state index contributed by atoms with van der Waals surface area (Å²) in [6.07, 6.45) is 0. The molecule has 2 aromatic carbocycles. The number of hydrogen-bond acceptors (Lipinski definition) is 8. The summed E-state index contributed by atoms with van der Waals surface area (Å²) in [7, 11) is -3.89. The van der Waals surface area contributed by atoms with E-state index in [2.05, 4.69) is 10.0 Å². The molecule has 31 heavy (non-hydrogen) atoms. The number of amides is 1. The molecular formula is C19H19N3O8S. The summed E-state index contributed by atoms with van der Waals surface area (Å²) in [6, 6.07) is 10.8. The van der Waals surface area contributed by atoms with Crippen LogP contribution in [0.2, 0.25) is 0 Å². The second-order valence-electron chi connectivity index (χ2n) is 6.30. The van der Waals surface area contributed by atoms with Crippen molar-refractivity contribution >= 4 is 33.4 Å². The molecule has 0 unspecified atom stereocenters. The van der Waals surface area contributed by atoms with E-state index in [-0.39, 0.29) is 16.1 Å². The normalized spacial score (nSPS) is 10.9. The lowest BCUT2D eigenvalue weighted by Gasteiger charge is -2.08. The van der Waals surface area contributed by atoms with Gasteiger partial charge in [-0.3, -0.25) is 24.5 Å². The van der Waals surface area contributed by atoms with Gasteiger partial charge in [-0.2, -0.15) is 0 Å². The maximum Gasteiger partial charge on any atom is 0.325 e. The van der Waals surface area contributed by atoms with Crippen molar-refractivity contribution in [3.63, 3.8) is 0 Å². The monoisotopic (exact) mass is 449 g/mol. The summed E-state index contributed by atoms with van der Waals surface area (Å²) >= 11 is 0. The molecule has 0 aliphatic heterocycles. The fourth-order valence-corrected chi connectivity index (χ4v) is 3.23. The number of non-ortho nitro benzene ring substituents is 1. The number of sulfonamides is 1. The van der Waals surface area contributed by atoms with Crippen LogP contribution in [0, 0.1) is 17.0 Å². The number of rotatable bonds is 10. The van der Waals surface area contributed by atoms with E-state index in [9.17, 15) is 32.9 Å². The molecule has 0 atom stereocenters. The molecule has 0 aliphatic rings. The molecule has 0 saturated heterocycles. The number of nitro groups is 1. The highest BCUT2D eigenvalue weighted by Gasteiger charge is 2.16. The fraction of sp³-hybridized carbons (Fsp3) is 0.211. The van der Waals surface area contributed by atoms with Crippen molar-refractivity contribution in [1.82, 2.24) is 10.0 Å². The quantitative estimate of drug-likeness (QED) is 0.232. The Kier molecular flexibility index (Phi) is 7.94. The van der Waals surface area contributed by atoms with Gasteiger partial charge in [0.1, 0.15) is 6.54 Å². The van der Waals surface area contributed by atoms with Gasteiger partial charge in [0, 0.05) is 17.7 Å². The number of ketones is 1. The van der Waals surface area contributed by atoms with E-state index in [1.54, 1.807) is 19.1 Å². The highest BCUT2D eigenvalue weighted by Crippen LogP contribution is 2.12. The van der Waals surface area contributed by atoms with Crippen molar-refractivity contribution in [2.24, 2.45) is 0 Å².